The molecule has 0 atom stereocenters. The third kappa shape index (κ3) is 5.59. The van der Waals surface area contributed by atoms with Crippen molar-refractivity contribution in [1.82, 2.24) is 5.32 Å². The van der Waals surface area contributed by atoms with Crippen LogP contribution in [-0.4, -0.2) is 18.2 Å². The molecule has 0 radical (unpaired) electrons. The van der Waals surface area contributed by atoms with Crippen LogP contribution in [0.1, 0.15) is 33.3 Å². The van der Waals surface area contributed by atoms with Crippen LogP contribution in [0.3, 0.4) is 0 Å². The van der Waals surface area contributed by atoms with Crippen LogP contribution in [0.2, 0.25) is 0 Å². The predicted octanol–water partition coefficient (Wildman–Crippen LogP) is 3.28. The van der Waals surface area contributed by atoms with Crippen molar-refractivity contribution in [2.24, 2.45) is 0 Å². The Hall–Kier alpha value is -1.78. The number of carbonyl (C=O) groups is 1. The lowest BCUT2D eigenvalue weighted by atomic mass is 10.1. The van der Waals surface area contributed by atoms with Gasteiger partial charge in [-0.1, -0.05) is 6.07 Å². The molecule has 0 aliphatic carbocycles. The Kier molecular flexibility index (Phi) is 5.15. The smallest absolute Gasteiger partial charge is 0.407 e. The van der Waals surface area contributed by atoms with Crippen LogP contribution in [0.15, 0.2) is 18.2 Å². The zero-order valence-electron chi connectivity index (χ0n) is 11.8. The van der Waals surface area contributed by atoms with Crippen molar-refractivity contribution in [2.75, 3.05) is 11.9 Å². The van der Waals surface area contributed by atoms with E-state index >= 15 is 0 Å². The van der Waals surface area contributed by atoms with E-state index in [1.54, 1.807) is 26.8 Å². The average Bonchev–Trinajstić information content (AvgIpc) is 2.26. The summed E-state index contributed by atoms with van der Waals surface area (Å²) in [6.45, 7) is 8.30. The fraction of sp³-hybridized carbons (Fsp3) is 0.500. The van der Waals surface area contributed by atoms with Crippen molar-refractivity contribution in [1.29, 1.82) is 0 Å². The van der Waals surface area contributed by atoms with Crippen molar-refractivity contribution >= 4 is 11.8 Å². The maximum Gasteiger partial charge on any atom is 0.407 e. The van der Waals surface area contributed by atoms with Crippen LogP contribution in [0.4, 0.5) is 14.9 Å². The molecule has 4 nitrogen and oxygen atoms in total. The molecule has 0 saturated heterocycles. The van der Waals surface area contributed by atoms with E-state index in [9.17, 15) is 9.18 Å². The molecule has 2 N–H and O–H groups in total. The summed E-state index contributed by atoms with van der Waals surface area (Å²) in [6.07, 6.45) is -0.487. The number of benzene rings is 1. The molecule has 1 rings (SSSR count). The standard InChI is InChI=1S/C14H21FN2O2/c1-5-16-12-8-11(15)7-6-10(12)9-17-13(18)19-14(2,3)4/h6-8,16H,5,9H2,1-4H3,(H,17,18). The lowest BCUT2D eigenvalue weighted by Crippen LogP contribution is -2.32. The minimum absolute atomic E-state index is 0.289. The molecule has 0 heterocycles. The molecule has 106 valence electrons. The molecule has 0 saturated carbocycles. The van der Waals surface area contributed by atoms with E-state index in [-0.39, 0.29) is 12.4 Å². The van der Waals surface area contributed by atoms with E-state index in [0.717, 1.165) is 5.56 Å². The van der Waals surface area contributed by atoms with Gasteiger partial charge in [0.15, 0.2) is 0 Å². The van der Waals surface area contributed by atoms with Gasteiger partial charge >= 0.3 is 6.09 Å². The van der Waals surface area contributed by atoms with Crippen LogP contribution < -0.4 is 10.6 Å². The van der Waals surface area contributed by atoms with Gasteiger partial charge in [-0.05, 0) is 45.4 Å². The molecular formula is C14H21FN2O2. The molecule has 0 fully saturated rings. The molecule has 0 spiro atoms. The van der Waals surface area contributed by atoms with Gasteiger partial charge in [-0.15, -0.1) is 0 Å². The van der Waals surface area contributed by atoms with Crippen molar-refractivity contribution in [2.45, 2.75) is 39.8 Å². The third-order valence-electron chi connectivity index (χ3n) is 2.26. The van der Waals surface area contributed by atoms with Gasteiger partial charge in [-0.2, -0.15) is 0 Å². The number of amides is 1. The van der Waals surface area contributed by atoms with E-state index in [4.69, 9.17) is 4.74 Å². The van der Waals surface area contributed by atoms with Gasteiger partial charge in [0.05, 0.1) is 0 Å². The molecule has 0 unspecified atom stereocenters. The van der Waals surface area contributed by atoms with E-state index in [0.29, 0.717) is 12.2 Å². The highest BCUT2D eigenvalue weighted by molar-refractivity contribution is 5.68. The zero-order chi connectivity index (χ0) is 14.5. The summed E-state index contributed by atoms with van der Waals surface area (Å²) in [5.74, 6) is -0.308. The topological polar surface area (TPSA) is 50.4 Å². The molecule has 5 heteroatoms. The SMILES string of the molecule is CCNc1cc(F)ccc1CNC(=O)OC(C)(C)C. The normalized spacial score (nSPS) is 11.0. The van der Waals surface area contributed by atoms with Crippen LogP contribution >= 0.6 is 0 Å². The summed E-state index contributed by atoms with van der Waals surface area (Å²) < 4.78 is 18.3. The first-order valence-corrected chi connectivity index (χ1v) is 6.31. The largest absolute Gasteiger partial charge is 0.444 e. The lowest BCUT2D eigenvalue weighted by Gasteiger charge is -2.20. The van der Waals surface area contributed by atoms with Crippen molar-refractivity contribution in [3.63, 3.8) is 0 Å². The quantitative estimate of drug-likeness (QED) is 0.881. The number of hydrogen-bond acceptors (Lipinski definition) is 3. The number of ether oxygens (including phenoxy) is 1. The van der Waals surface area contributed by atoms with Crippen molar-refractivity contribution < 1.29 is 13.9 Å². The van der Waals surface area contributed by atoms with Crippen LogP contribution in [0, 0.1) is 5.82 Å². The molecular weight excluding hydrogens is 247 g/mol. The maximum absolute atomic E-state index is 13.1. The summed E-state index contributed by atoms with van der Waals surface area (Å²) in [6, 6.07) is 4.42. The van der Waals surface area contributed by atoms with E-state index in [1.807, 2.05) is 6.92 Å². The van der Waals surface area contributed by atoms with Gasteiger partial charge in [-0.25, -0.2) is 9.18 Å². The Balaban J connectivity index is 2.64. The second kappa shape index (κ2) is 6.41. The second-order valence-corrected chi connectivity index (χ2v) is 5.19. The Labute approximate surface area is 113 Å². The fourth-order valence-corrected chi connectivity index (χ4v) is 1.54. The fourth-order valence-electron chi connectivity index (χ4n) is 1.54. The molecule has 19 heavy (non-hydrogen) atoms. The maximum atomic E-state index is 13.1. The highest BCUT2D eigenvalue weighted by Crippen LogP contribution is 2.17. The molecule has 0 aliphatic heterocycles. The second-order valence-electron chi connectivity index (χ2n) is 5.19. The van der Waals surface area contributed by atoms with Gasteiger partial charge in [0.1, 0.15) is 11.4 Å². The van der Waals surface area contributed by atoms with Gasteiger partial charge in [0.2, 0.25) is 0 Å². The van der Waals surface area contributed by atoms with Gasteiger partial charge in [-0.3, -0.25) is 0 Å². The molecule has 0 aromatic heterocycles. The number of hydrogen-bond donors (Lipinski definition) is 2. The molecule has 0 bridgehead atoms. The lowest BCUT2D eigenvalue weighted by molar-refractivity contribution is 0.0523. The summed E-state index contributed by atoms with van der Waals surface area (Å²) in [5.41, 5.74) is 0.963. The van der Waals surface area contributed by atoms with Gasteiger partial charge in [0, 0.05) is 18.8 Å². The Morgan fingerprint density at radius 1 is 1.37 bits per heavy atom. The molecule has 1 aromatic carbocycles. The first-order chi connectivity index (χ1) is 8.81. The van der Waals surface area contributed by atoms with Crippen LogP contribution in [0.5, 0.6) is 0 Å². The molecule has 1 aromatic rings. The van der Waals surface area contributed by atoms with E-state index in [1.165, 1.54) is 12.1 Å². The Morgan fingerprint density at radius 3 is 2.63 bits per heavy atom. The van der Waals surface area contributed by atoms with E-state index < -0.39 is 11.7 Å². The Morgan fingerprint density at radius 2 is 2.05 bits per heavy atom. The first-order valence-electron chi connectivity index (χ1n) is 6.31. The number of carbonyl (C=O) groups excluding carboxylic acids is 1. The minimum Gasteiger partial charge on any atom is -0.444 e. The summed E-state index contributed by atoms with van der Waals surface area (Å²) >= 11 is 0. The number of anilines is 1. The summed E-state index contributed by atoms with van der Waals surface area (Å²) in [7, 11) is 0. The summed E-state index contributed by atoms with van der Waals surface area (Å²) in [5, 5.41) is 5.71. The minimum atomic E-state index is -0.530. The number of nitrogens with one attached hydrogen (secondary N) is 2. The first kappa shape index (κ1) is 15.3. The van der Waals surface area contributed by atoms with Gasteiger partial charge < -0.3 is 15.4 Å². The van der Waals surface area contributed by atoms with Crippen molar-refractivity contribution in [3.8, 4) is 0 Å². The average molecular weight is 268 g/mol. The van der Waals surface area contributed by atoms with Crippen LogP contribution in [0.25, 0.3) is 0 Å². The number of halogens is 1. The number of rotatable bonds is 4. The third-order valence-corrected chi connectivity index (χ3v) is 2.26. The Bertz CT molecular complexity index is 442. The molecule has 1 amide bonds. The highest BCUT2D eigenvalue weighted by atomic mass is 19.1. The predicted molar refractivity (Wildman–Crippen MR) is 73.6 cm³/mol. The van der Waals surface area contributed by atoms with E-state index in [2.05, 4.69) is 10.6 Å². The number of alkyl carbamates (subject to hydrolysis) is 1. The molecule has 0 aliphatic rings. The van der Waals surface area contributed by atoms with Crippen molar-refractivity contribution in [3.05, 3.63) is 29.6 Å². The van der Waals surface area contributed by atoms with Crippen LogP contribution in [-0.2, 0) is 11.3 Å². The zero-order valence-corrected chi connectivity index (χ0v) is 11.8. The summed E-state index contributed by atoms with van der Waals surface area (Å²) in [4.78, 5) is 11.5. The highest BCUT2D eigenvalue weighted by Gasteiger charge is 2.16. The monoisotopic (exact) mass is 268 g/mol. The van der Waals surface area contributed by atoms with Gasteiger partial charge in [0.25, 0.3) is 0 Å².